The molecule has 0 spiro atoms. The average molecular weight is 380 g/mol. The van der Waals surface area contributed by atoms with E-state index in [4.69, 9.17) is 4.84 Å². The van der Waals surface area contributed by atoms with Crippen LogP contribution in [0.3, 0.4) is 0 Å². The molecular formula is C20H26F2N2O3. The summed E-state index contributed by atoms with van der Waals surface area (Å²) in [7, 11) is 0. The van der Waals surface area contributed by atoms with Crippen molar-refractivity contribution in [2.75, 3.05) is 13.2 Å². The molecule has 1 saturated carbocycles. The highest BCUT2D eigenvalue weighted by molar-refractivity contribution is 5.80. The Labute approximate surface area is 158 Å². The van der Waals surface area contributed by atoms with E-state index in [2.05, 4.69) is 30.7 Å². The standard InChI is InChI=1S/C20H26F2N2O3/c1-19(2)8-15-9-20(3,12-19)13-24(15)17(25)11-26-23-10-14-4-6-16(7-5-14)27-18(21)22/h4-7,10,15,18H,8-9,11-13H2,1-3H3/b23-10-/t15-,20-/m0/s1. The molecule has 2 fully saturated rings. The first kappa shape index (κ1) is 19.6. The number of hydrogen-bond acceptors (Lipinski definition) is 4. The van der Waals surface area contributed by atoms with Crippen molar-refractivity contribution in [1.82, 2.24) is 4.90 Å². The van der Waals surface area contributed by atoms with Crippen LogP contribution in [0.5, 0.6) is 5.75 Å². The maximum Gasteiger partial charge on any atom is 0.387 e. The fourth-order valence-electron chi connectivity index (χ4n) is 4.76. The summed E-state index contributed by atoms with van der Waals surface area (Å²) in [6, 6.07) is 6.29. The predicted octanol–water partition coefficient (Wildman–Crippen LogP) is 4.07. The van der Waals surface area contributed by atoms with Crippen molar-refractivity contribution >= 4 is 12.1 Å². The van der Waals surface area contributed by atoms with Gasteiger partial charge in [0.05, 0.1) is 6.21 Å². The predicted molar refractivity (Wildman–Crippen MR) is 97.9 cm³/mol. The molecule has 0 unspecified atom stereocenters. The first-order chi connectivity index (χ1) is 12.7. The summed E-state index contributed by atoms with van der Waals surface area (Å²) in [6.07, 6.45) is 4.64. The topological polar surface area (TPSA) is 51.1 Å². The molecule has 0 aromatic heterocycles. The summed E-state index contributed by atoms with van der Waals surface area (Å²) in [5, 5.41) is 3.81. The number of carbonyl (C=O) groups is 1. The molecule has 1 aromatic carbocycles. The van der Waals surface area contributed by atoms with Gasteiger partial charge in [-0.2, -0.15) is 8.78 Å². The minimum absolute atomic E-state index is 0.0424. The van der Waals surface area contributed by atoms with Gasteiger partial charge in [-0.15, -0.1) is 0 Å². The molecule has 1 aliphatic heterocycles. The molecule has 27 heavy (non-hydrogen) atoms. The summed E-state index contributed by atoms with van der Waals surface area (Å²) in [4.78, 5) is 19.7. The number of amides is 1. The van der Waals surface area contributed by atoms with Gasteiger partial charge in [0.2, 0.25) is 0 Å². The van der Waals surface area contributed by atoms with E-state index in [1.807, 2.05) is 4.90 Å². The SMILES string of the molecule is CC1(C)C[C@H]2C[C@](C)(CN2C(=O)CO/N=C\c2ccc(OC(F)F)cc2)C1. The molecule has 2 bridgehead atoms. The van der Waals surface area contributed by atoms with E-state index in [9.17, 15) is 13.6 Å². The van der Waals surface area contributed by atoms with Crippen LogP contribution in [0.1, 0.15) is 45.6 Å². The smallest absolute Gasteiger partial charge is 0.387 e. The molecule has 1 aliphatic carbocycles. The number of nitrogens with zero attached hydrogens (tertiary/aromatic N) is 2. The molecule has 148 valence electrons. The van der Waals surface area contributed by atoms with E-state index in [-0.39, 0.29) is 35.1 Å². The highest BCUT2D eigenvalue weighted by Gasteiger charge is 2.50. The van der Waals surface area contributed by atoms with Crippen LogP contribution >= 0.6 is 0 Å². The minimum atomic E-state index is -2.85. The number of carbonyl (C=O) groups excluding carboxylic acids is 1. The Hall–Kier alpha value is -2.18. The first-order valence-electron chi connectivity index (χ1n) is 9.16. The molecule has 2 aliphatic rings. The first-order valence-corrected chi connectivity index (χ1v) is 9.16. The lowest BCUT2D eigenvalue weighted by Crippen LogP contribution is -2.39. The zero-order chi connectivity index (χ0) is 19.7. The molecule has 1 saturated heterocycles. The van der Waals surface area contributed by atoms with Gasteiger partial charge in [-0.1, -0.05) is 25.9 Å². The third kappa shape index (κ3) is 4.96. The normalized spacial score (nSPS) is 26.6. The Morgan fingerprint density at radius 1 is 1.30 bits per heavy atom. The Balaban J connectivity index is 1.49. The summed E-state index contributed by atoms with van der Waals surface area (Å²) in [5.41, 5.74) is 1.11. The van der Waals surface area contributed by atoms with Crippen molar-refractivity contribution in [2.24, 2.45) is 16.0 Å². The Bertz CT molecular complexity index is 706. The zero-order valence-electron chi connectivity index (χ0n) is 16.0. The second-order valence-electron chi connectivity index (χ2n) is 8.69. The largest absolute Gasteiger partial charge is 0.435 e. The maximum absolute atomic E-state index is 12.5. The van der Waals surface area contributed by atoms with Gasteiger partial charge in [-0.25, -0.2) is 0 Å². The van der Waals surface area contributed by atoms with Gasteiger partial charge < -0.3 is 14.5 Å². The molecule has 0 radical (unpaired) electrons. The molecule has 7 heteroatoms. The summed E-state index contributed by atoms with van der Waals surface area (Å²) < 4.78 is 28.5. The van der Waals surface area contributed by atoms with Gasteiger partial charge in [0, 0.05) is 12.6 Å². The van der Waals surface area contributed by atoms with Crippen molar-refractivity contribution in [1.29, 1.82) is 0 Å². The fraction of sp³-hybridized carbons (Fsp3) is 0.600. The molecule has 3 rings (SSSR count). The van der Waals surface area contributed by atoms with Gasteiger partial charge >= 0.3 is 6.61 Å². The number of likely N-dealkylation sites (tertiary alicyclic amines) is 1. The van der Waals surface area contributed by atoms with Crippen molar-refractivity contribution in [2.45, 2.75) is 52.7 Å². The van der Waals surface area contributed by atoms with Crippen LogP contribution in [0, 0.1) is 10.8 Å². The van der Waals surface area contributed by atoms with Crippen molar-refractivity contribution in [3.8, 4) is 5.75 Å². The minimum Gasteiger partial charge on any atom is -0.435 e. The van der Waals surface area contributed by atoms with Crippen LogP contribution in [0.15, 0.2) is 29.4 Å². The number of rotatable bonds is 6. The van der Waals surface area contributed by atoms with Crippen LogP contribution < -0.4 is 4.74 Å². The Morgan fingerprint density at radius 3 is 2.67 bits per heavy atom. The van der Waals surface area contributed by atoms with Crippen LogP contribution in [-0.2, 0) is 9.63 Å². The highest BCUT2D eigenvalue weighted by Crippen LogP contribution is 2.52. The lowest BCUT2D eigenvalue weighted by molar-refractivity contribution is -0.137. The van der Waals surface area contributed by atoms with E-state index in [1.165, 1.54) is 18.3 Å². The molecule has 0 N–H and O–H groups in total. The van der Waals surface area contributed by atoms with Gasteiger partial charge in [0.15, 0.2) is 6.61 Å². The van der Waals surface area contributed by atoms with Crippen molar-refractivity contribution in [3.63, 3.8) is 0 Å². The van der Waals surface area contributed by atoms with Crippen LogP contribution in [-0.4, -0.2) is 42.8 Å². The van der Waals surface area contributed by atoms with Gasteiger partial charge in [-0.05, 0) is 59.9 Å². The van der Waals surface area contributed by atoms with E-state index < -0.39 is 6.61 Å². The Kier molecular flexibility index (Phi) is 5.40. The van der Waals surface area contributed by atoms with Gasteiger partial charge in [0.1, 0.15) is 5.75 Å². The third-order valence-electron chi connectivity index (χ3n) is 5.30. The van der Waals surface area contributed by atoms with E-state index in [0.717, 1.165) is 25.8 Å². The number of ether oxygens (including phenoxy) is 1. The third-order valence-corrected chi connectivity index (χ3v) is 5.30. The maximum atomic E-state index is 12.5. The highest BCUT2D eigenvalue weighted by atomic mass is 19.3. The molecular weight excluding hydrogens is 354 g/mol. The summed E-state index contributed by atoms with van der Waals surface area (Å²) in [6.45, 7) is 4.62. The van der Waals surface area contributed by atoms with Crippen molar-refractivity contribution in [3.05, 3.63) is 29.8 Å². The number of oxime groups is 1. The molecule has 2 atom stereocenters. The lowest BCUT2D eigenvalue weighted by atomic mass is 9.65. The van der Waals surface area contributed by atoms with Crippen LogP contribution in [0.2, 0.25) is 0 Å². The zero-order valence-corrected chi connectivity index (χ0v) is 16.0. The molecule has 1 heterocycles. The number of fused-ring (bicyclic) bond motifs is 2. The Morgan fingerprint density at radius 2 is 2.00 bits per heavy atom. The van der Waals surface area contributed by atoms with Crippen LogP contribution in [0.4, 0.5) is 8.78 Å². The van der Waals surface area contributed by atoms with Crippen molar-refractivity contribution < 1.29 is 23.1 Å². The average Bonchev–Trinajstić information content (AvgIpc) is 2.81. The monoisotopic (exact) mass is 380 g/mol. The number of alkyl halides is 2. The fourth-order valence-corrected chi connectivity index (χ4v) is 4.76. The number of benzene rings is 1. The van der Waals surface area contributed by atoms with E-state index in [0.29, 0.717) is 5.56 Å². The quantitative estimate of drug-likeness (QED) is 0.552. The lowest BCUT2D eigenvalue weighted by Gasteiger charge is -2.39. The number of hydrogen-bond donors (Lipinski definition) is 0. The molecule has 5 nitrogen and oxygen atoms in total. The van der Waals surface area contributed by atoms with E-state index in [1.54, 1.807) is 12.1 Å². The molecule has 1 aromatic rings. The second-order valence-corrected chi connectivity index (χ2v) is 8.69. The summed E-state index contributed by atoms with van der Waals surface area (Å²) in [5.74, 6) is 0.0362. The molecule has 1 amide bonds. The number of halogens is 2. The van der Waals surface area contributed by atoms with Crippen LogP contribution in [0.25, 0.3) is 0 Å². The van der Waals surface area contributed by atoms with Gasteiger partial charge in [-0.3, -0.25) is 4.79 Å². The van der Waals surface area contributed by atoms with E-state index >= 15 is 0 Å². The second kappa shape index (κ2) is 7.44. The summed E-state index contributed by atoms with van der Waals surface area (Å²) >= 11 is 0. The van der Waals surface area contributed by atoms with Gasteiger partial charge in [0.25, 0.3) is 5.91 Å².